The summed E-state index contributed by atoms with van der Waals surface area (Å²) in [7, 11) is 0. The van der Waals surface area contributed by atoms with Crippen LogP contribution in [-0.4, -0.2) is 48.2 Å². The van der Waals surface area contributed by atoms with Crippen molar-refractivity contribution in [2.45, 2.75) is 56.6 Å². The van der Waals surface area contributed by atoms with Gasteiger partial charge < -0.3 is 28.8 Å². The predicted molar refractivity (Wildman–Crippen MR) is 74.7 cm³/mol. The van der Waals surface area contributed by atoms with E-state index in [1.54, 1.807) is 0 Å². The molecule has 4 rings (SSSR count). The second-order valence-corrected chi connectivity index (χ2v) is 6.27. The second-order valence-electron chi connectivity index (χ2n) is 6.27. The van der Waals surface area contributed by atoms with Gasteiger partial charge in [0.2, 0.25) is 0 Å². The molecule has 1 aromatic carbocycles. The third kappa shape index (κ3) is 2.36. The molecule has 0 aliphatic carbocycles. The van der Waals surface area contributed by atoms with Gasteiger partial charge >= 0.3 is 0 Å². The van der Waals surface area contributed by atoms with Crippen molar-refractivity contribution in [2.24, 2.45) is 0 Å². The monoisotopic (exact) mass is 308 g/mol. The van der Waals surface area contributed by atoms with Crippen molar-refractivity contribution in [3.8, 4) is 0 Å². The maximum Gasteiger partial charge on any atom is 0.190 e. The summed E-state index contributed by atoms with van der Waals surface area (Å²) in [6, 6.07) is 9.65. The van der Waals surface area contributed by atoms with Gasteiger partial charge in [-0.25, -0.2) is 0 Å². The normalized spacial score (nSPS) is 42.9. The van der Waals surface area contributed by atoms with Gasteiger partial charge in [0.1, 0.15) is 24.4 Å². The fourth-order valence-electron chi connectivity index (χ4n) is 3.28. The van der Waals surface area contributed by atoms with E-state index in [-0.39, 0.29) is 18.8 Å². The van der Waals surface area contributed by atoms with Crippen LogP contribution < -0.4 is 0 Å². The van der Waals surface area contributed by atoms with Crippen molar-refractivity contribution < 1.29 is 28.8 Å². The molecule has 3 aliphatic heterocycles. The molecule has 0 bridgehead atoms. The Morgan fingerprint density at radius 3 is 2.45 bits per heavy atom. The van der Waals surface area contributed by atoms with Crippen LogP contribution in [-0.2, 0) is 23.7 Å². The first-order chi connectivity index (χ1) is 10.6. The van der Waals surface area contributed by atoms with E-state index < -0.39 is 30.6 Å². The standard InChI is InChI=1S/C16H20O6/c1-16(2)21-13-12-11(19-15(13)22-16)10(8-17)18-14(20-12)9-6-4-3-5-7-9/h3-7,10-15,17H,8H2,1-2H3. The summed E-state index contributed by atoms with van der Waals surface area (Å²) >= 11 is 0. The molecular weight excluding hydrogens is 288 g/mol. The van der Waals surface area contributed by atoms with Gasteiger partial charge in [-0.3, -0.25) is 0 Å². The smallest absolute Gasteiger partial charge is 0.190 e. The molecule has 0 spiro atoms. The topological polar surface area (TPSA) is 66.4 Å². The second kappa shape index (κ2) is 5.26. The first kappa shape index (κ1) is 14.6. The number of benzene rings is 1. The molecule has 3 heterocycles. The molecule has 6 heteroatoms. The van der Waals surface area contributed by atoms with Crippen LogP contribution in [0.3, 0.4) is 0 Å². The molecule has 3 saturated heterocycles. The Hall–Kier alpha value is -1.02. The highest BCUT2D eigenvalue weighted by Gasteiger charge is 2.59. The average molecular weight is 308 g/mol. The molecule has 22 heavy (non-hydrogen) atoms. The lowest BCUT2D eigenvalue weighted by Gasteiger charge is -2.39. The molecular formula is C16H20O6. The van der Waals surface area contributed by atoms with Crippen molar-refractivity contribution in [1.82, 2.24) is 0 Å². The summed E-state index contributed by atoms with van der Waals surface area (Å²) in [6.07, 6.45) is -2.54. The summed E-state index contributed by atoms with van der Waals surface area (Å²) in [6.45, 7) is 3.55. The summed E-state index contributed by atoms with van der Waals surface area (Å²) in [5, 5.41) is 9.63. The highest BCUT2D eigenvalue weighted by molar-refractivity contribution is 5.17. The van der Waals surface area contributed by atoms with E-state index in [9.17, 15) is 5.11 Å². The zero-order valence-corrected chi connectivity index (χ0v) is 12.5. The molecule has 0 radical (unpaired) electrons. The Morgan fingerprint density at radius 1 is 0.955 bits per heavy atom. The van der Waals surface area contributed by atoms with Gasteiger partial charge in [-0.05, 0) is 13.8 Å². The maximum atomic E-state index is 9.63. The Labute approximate surface area is 128 Å². The number of aliphatic hydroxyl groups excluding tert-OH is 1. The van der Waals surface area contributed by atoms with Crippen LogP contribution in [0.25, 0.3) is 0 Å². The van der Waals surface area contributed by atoms with Gasteiger partial charge in [-0.1, -0.05) is 30.3 Å². The first-order valence-corrected chi connectivity index (χ1v) is 7.55. The molecule has 0 amide bonds. The van der Waals surface area contributed by atoms with Crippen molar-refractivity contribution in [3.05, 3.63) is 35.9 Å². The molecule has 3 aliphatic rings. The molecule has 3 fully saturated rings. The SMILES string of the molecule is CC1(C)OC2OC3C(CO)OC(c4ccccc4)OC3C2O1. The molecule has 0 saturated carbocycles. The van der Waals surface area contributed by atoms with Crippen molar-refractivity contribution in [3.63, 3.8) is 0 Å². The van der Waals surface area contributed by atoms with E-state index in [1.165, 1.54) is 0 Å². The van der Waals surface area contributed by atoms with E-state index in [1.807, 2.05) is 44.2 Å². The van der Waals surface area contributed by atoms with Crippen LogP contribution in [0.2, 0.25) is 0 Å². The minimum absolute atomic E-state index is 0.142. The van der Waals surface area contributed by atoms with Crippen LogP contribution in [0.1, 0.15) is 25.7 Å². The van der Waals surface area contributed by atoms with E-state index in [0.29, 0.717) is 0 Å². The first-order valence-electron chi connectivity index (χ1n) is 7.55. The minimum atomic E-state index is -0.696. The van der Waals surface area contributed by atoms with E-state index >= 15 is 0 Å². The van der Waals surface area contributed by atoms with E-state index in [4.69, 9.17) is 23.7 Å². The third-order valence-corrected chi connectivity index (χ3v) is 4.22. The highest BCUT2D eigenvalue weighted by atomic mass is 16.9. The zero-order chi connectivity index (χ0) is 15.3. The van der Waals surface area contributed by atoms with Crippen LogP contribution >= 0.6 is 0 Å². The molecule has 6 nitrogen and oxygen atoms in total. The van der Waals surface area contributed by atoms with E-state index in [0.717, 1.165) is 5.56 Å². The lowest BCUT2D eigenvalue weighted by Crippen LogP contribution is -2.50. The molecule has 0 aromatic heterocycles. The number of fused-ring (bicyclic) bond motifs is 3. The van der Waals surface area contributed by atoms with Crippen molar-refractivity contribution in [2.75, 3.05) is 6.61 Å². The molecule has 1 aromatic rings. The quantitative estimate of drug-likeness (QED) is 0.889. The van der Waals surface area contributed by atoms with Crippen molar-refractivity contribution >= 4 is 0 Å². The highest BCUT2D eigenvalue weighted by Crippen LogP contribution is 2.44. The molecule has 6 atom stereocenters. The minimum Gasteiger partial charge on any atom is -0.394 e. The number of aliphatic hydroxyl groups is 1. The third-order valence-electron chi connectivity index (χ3n) is 4.22. The summed E-state index contributed by atoms with van der Waals surface area (Å²) in [5.41, 5.74) is 0.904. The van der Waals surface area contributed by atoms with Gasteiger partial charge in [0, 0.05) is 5.56 Å². The summed E-state index contributed by atoms with van der Waals surface area (Å²) in [4.78, 5) is 0. The Morgan fingerprint density at radius 2 is 1.73 bits per heavy atom. The van der Waals surface area contributed by atoms with E-state index in [2.05, 4.69) is 0 Å². The van der Waals surface area contributed by atoms with Crippen LogP contribution in [0.15, 0.2) is 30.3 Å². The van der Waals surface area contributed by atoms with Gasteiger partial charge in [0.05, 0.1) is 6.61 Å². The maximum absolute atomic E-state index is 9.63. The molecule has 120 valence electrons. The van der Waals surface area contributed by atoms with Crippen LogP contribution in [0, 0.1) is 0 Å². The largest absolute Gasteiger partial charge is 0.394 e. The lowest BCUT2D eigenvalue weighted by molar-refractivity contribution is -0.313. The van der Waals surface area contributed by atoms with Crippen LogP contribution in [0.4, 0.5) is 0 Å². The summed E-state index contributed by atoms with van der Waals surface area (Å²) in [5.74, 6) is -0.696. The lowest BCUT2D eigenvalue weighted by atomic mass is 10.0. The number of hydrogen-bond donors (Lipinski definition) is 1. The average Bonchev–Trinajstić information content (AvgIpc) is 2.99. The van der Waals surface area contributed by atoms with Gasteiger partial charge in [-0.2, -0.15) is 0 Å². The summed E-state index contributed by atoms with van der Waals surface area (Å²) < 4.78 is 29.4. The fraction of sp³-hybridized carbons (Fsp3) is 0.625. The zero-order valence-electron chi connectivity index (χ0n) is 12.5. The van der Waals surface area contributed by atoms with Crippen molar-refractivity contribution in [1.29, 1.82) is 0 Å². The number of rotatable bonds is 2. The molecule has 6 unspecified atom stereocenters. The Kier molecular flexibility index (Phi) is 3.48. The Bertz CT molecular complexity index is 533. The molecule has 1 N–H and O–H groups in total. The number of ether oxygens (including phenoxy) is 5. The van der Waals surface area contributed by atoms with Gasteiger partial charge in [-0.15, -0.1) is 0 Å². The van der Waals surface area contributed by atoms with Crippen LogP contribution in [0.5, 0.6) is 0 Å². The fourth-order valence-corrected chi connectivity index (χ4v) is 3.28. The Balaban J connectivity index is 1.59. The predicted octanol–water partition coefficient (Wildman–Crippen LogP) is 1.34. The van der Waals surface area contributed by atoms with Gasteiger partial charge in [0.25, 0.3) is 0 Å². The number of hydrogen-bond acceptors (Lipinski definition) is 6. The van der Waals surface area contributed by atoms with Gasteiger partial charge in [0.15, 0.2) is 18.4 Å².